The van der Waals surface area contributed by atoms with Crippen molar-refractivity contribution < 1.29 is 9.90 Å². The molecule has 0 unspecified atom stereocenters. The van der Waals surface area contributed by atoms with Gasteiger partial charge in [0.25, 0.3) is 0 Å². The first-order valence-corrected chi connectivity index (χ1v) is 4.30. The number of hydrogen-bond acceptors (Lipinski definition) is 3. The molecule has 0 aromatic heterocycles. The van der Waals surface area contributed by atoms with Gasteiger partial charge in [0.05, 0.1) is 6.61 Å². The maximum Gasteiger partial charge on any atom is 0.241 e. The second-order valence-electron chi connectivity index (χ2n) is 3.32. The molecule has 3 N–H and O–H groups in total. The molecule has 4 nitrogen and oxygen atoms in total. The van der Waals surface area contributed by atoms with Crippen LogP contribution < -0.4 is 5.73 Å². The SMILES string of the molecule is CN(C(=O)[C@@H](N)CO)C1CCC1. The normalized spacial score (nSPS) is 19.9. The lowest BCUT2D eigenvalue weighted by Crippen LogP contribution is -2.50. The molecule has 1 fully saturated rings. The van der Waals surface area contributed by atoms with Crippen molar-refractivity contribution in [1.29, 1.82) is 0 Å². The molecule has 1 atom stereocenters. The zero-order chi connectivity index (χ0) is 9.14. The van der Waals surface area contributed by atoms with Crippen molar-refractivity contribution in [3.05, 3.63) is 0 Å². The van der Waals surface area contributed by atoms with E-state index in [1.165, 1.54) is 6.42 Å². The van der Waals surface area contributed by atoms with E-state index in [0.29, 0.717) is 6.04 Å². The summed E-state index contributed by atoms with van der Waals surface area (Å²) >= 11 is 0. The average molecular weight is 172 g/mol. The summed E-state index contributed by atoms with van der Waals surface area (Å²) in [6, 6.07) is -0.384. The van der Waals surface area contributed by atoms with Crippen molar-refractivity contribution in [3.8, 4) is 0 Å². The van der Waals surface area contributed by atoms with Crippen LogP contribution in [0.25, 0.3) is 0 Å². The van der Waals surface area contributed by atoms with E-state index in [1.807, 2.05) is 0 Å². The number of amides is 1. The zero-order valence-electron chi connectivity index (χ0n) is 7.36. The number of likely N-dealkylation sites (N-methyl/N-ethyl adjacent to an activating group) is 1. The summed E-state index contributed by atoms with van der Waals surface area (Å²) in [5.41, 5.74) is 5.39. The largest absolute Gasteiger partial charge is 0.394 e. The van der Waals surface area contributed by atoms with Gasteiger partial charge in [-0.1, -0.05) is 0 Å². The Kier molecular flexibility index (Phi) is 3.05. The maximum atomic E-state index is 11.3. The Labute approximate surface area is 72.3 Å². The van der Waals surface area contributed by atoms with Crippen LogP contribution in [0.2, 0.25) is 0 Å². The van der Waals surface area contributed by atoms with Crippen LogP contribution in [-0.2, 0) is 4.79 Å². The predicted octanol–water partition coefficient (Wildman–Crippen LogP) is -0.683. The smallest absolute Gasteiger partial charge is 0.241 e. The number of carbonyl (C=O) groups excluding carboxylic acids is 1. The lowest BCUT2D eigenvalue weighted by Gasteiger charge is -2.35. The molecular formula is C8H16N2O2. The van der Waals surface area contributed by atoms with Crippen LogP contribution >= 0.6 is 0 Å². The van der Waals surface area contributed by atoms with Gasteiger partial charge in [0.2, 0.25) is 5.91 Å². The highest BCUT2D eigenvalue weighted by Crippen LogP contribution is 2.23. The summed E-state index contributed by atoms with van der Waals surface area (Å²) < 4.78 is 0. The molecule has 1 aliphatic rings. The third-order valence-corrected chi connectivity index (χ3v) is 2.48. The Balaban J connectivity index is 2.39. The molecule has 0 heterocycles. The molecule has 0 aromatic rings. The number of carbonyl (C=O) groups is 1. The number of aliphatic hydroxyl groups is 1. The monoisotopic (exact) mass is 172 g/mol. The Bertz CT molecular complexity index is 168. The fraction of sp³-hybridized carbons (Fsp3) is 0.875. The Morgan fingerprint density at radius 2 is 2.33 bits per heavy atom. The van der Waals surface area contributed by atoms with Crippen molar-refractivity contribution in [2.24, 2.45) is 5.73 Å². The summed E-state index contributed by atoms with van der Waals surface area (Å²) in [6.45, 7) is -0.268. The minimum Gasteiger partial charge on any atom is -0.394 e. The number of hydrogen-bond donors (Lipinski definition) is 2. The van der Waals surface area contributed by atoms with Crippen LogP contribution in [0.3, 0.4) is 0 Å². The number of nitrogens with zero attached hydrogens (tertiary/aromatic N) is 1. The molecule has 0 bridgehead atoms. The van der Waals surface area contributed by atoms with Gasteiger partial charge in [0.1, 0.15) is 6.04 Å². The van der Waals surface area contributed by atoms with Crippen LogP contribution in [0, 0.1) is 0 Å². The highest BCUT2D eigenvalue weighted by atomic mass is 16.3. The quantitative estimate of drug-likeness (QED) is 0.592. The lowest BCUT2D eigenvalue weighted by molar-refractivity contribution is -0.135. The molecule has 0 radical (unpaired) electrons. The average Bonchev–Trinajstić information content (AvgIpc) is 1.98. The minimum absolute atomic E-state index is 0.151. The van der Waals surface area contributed by atoms with Gasteiger partial charge in [0, 0.05) is 13.1 Å². The summed E-state index contributed by atoms with van der Waals surface area (Å²) in [4.78, 5) is 13.0. The van der Waals surface area contributed by atoms with E-state index < -0.39 is 6.04 Å². The topological polar surface area (TPSA) is 66.6 Å². The van der Waals surface area contributed by atoms with E-state index in [4.69, 9.17) is 10.8 Å². The van der Waals surface area contributed by atoms with Crippen LogP contribution in [0.1, 0.15) is 19.3 Å². The summed E-state index contributed by atoms with van der Waals surface area (Å²) in [6.07, 6.45) is 3.33. The van der Waals surface area contributed by atoms with Gasteiger partial charge in [-0.2, -0.15) is 0 Å². The lowest BCUT2D eigenvalue weighted by atomic mass is 9.91. The van der Waals surface area contributed by atoms with E-state index in [2.05, 4.69) is 0 Å². The zero-order valence-corrected chi connectivity index (χ0v) is 7.36. The first-order chi connectivity index (χ1) is 5.66. The fourth-order valence-corrected chi connectivity index (χ4v) is 1.29. The van der Waals surface area contributed by atoms with Crippen molar-refractivity contribution in [1.82, 2.24) is 4.90 Å². The molecule has 70 valence electrons. The molecule has 0 saturated heterocycles. The molecule has 1 rings (SSSR count). The number of nitrogens with two attached hydrogens (primary N) is 1. The molecule has 12 heavy (non-hydrogen) atoms. The molecule has 1 aliphatic carbocycles. The third kappa shape index (κ3) is 1.76. The Morgan fingerprint density at radius 1 is 1.75 bits per heavy atom. The summed E-state index contributed by atoms with van der Waals surface area (Å²) in [5.74, 6) is -0.151. The highest BCUT2D eigenvalue weighted by molar-refractivity contribution is 5.81. The molecule has 1 saturated carbocycles. The first kappa shape index (κ1) is 9.48. The van der Waals surface area contributed by atoms with Crippen molar-refractivity contribution in [3.63, 3.8) is 0 Å². The van der Waals surface area contributed by atoms with Gasteiger partial charge in [-0.05, 0) is 19.3 Å². The third-order valence-electron chi connectivity index (χ3n) is 2.48. The van der Waals surface area contributed by atoms with Crippen LogP contribution in [0.5, 0.6) is 0 Å². The van der Waals surface area contributed by atoms with Crippen molar-refractivity contribution in [2.75, 3.05) is 13.7 Å². The molecule has 0 spiro atoms. The van der Waals surface area contributed by atoms with Crippen molar-refractivity contribution >= 4 is 5.91 Å². The van der Waals surface area contributed by atoms with E-state index in [1.54, 1.807) is 11.9 Å². The van der Waals surface area contributed by atoms with E-state index >= 15 is 0 Å². The van der Waals surface area contributed by atoms with Gasteiger partial charge in [-0.3, -0.25) is 4.79 Å². The van der Waals surface area contributed by atoms with E-state index in [0.717, 1.165) is 12.8 Å². The van der Waals surface area contributed by atoms with Gasteiger partial charge < -0.3 is 15.7 Å². The van der Waals surface area contributed by atoms with Gasteiger partial charge in [-0.25, -0.2) is 0 Å². The molecule has 4 heteroatoms. The highest BCUT2D eigenvalue weighted by Gasteiger charge is 2.27. The van der Waals surface area contributed by atoms with E-state index in [9.17, 15) is 4.79 Å². The van der Waals surface area contributed by atoms with Crippen LogP contribution in [0.15, 0.2) is 0 Å². The van der Waals surface area contributed by atoms with Crippen molar-refractivity contribution in [2.45, 2.75) is 31.3 Å². The minimum atomic E-state index is -0.740. The summed E-state index contributed by atoms with van der Waals surface area (Å²) in [5, 5.41) is 8.65. The van der Waals surface area contributed by atoms with Gasteiger partial charge in [-0.15, -0.1) is 0 Å². The molecule has 0 aliphatic heterocycles. The second-order valence-corrected chi connectivity index (χ2v) is 3.32. The van der Waals surface area contributed by atoms with Gasteiger partial charge >= 0.3 is 0 Å². The fourth-order valence-electron chi connectivity index (χ4n) is 1.29. The maximum absolute atomic E-state index is 11.3. The second kappa shape index (κ2) is 3.87. The van der Waals surface area contributed by atoms with E-state index in [-0.39, 0.29) is 12.5 Å². The first-order valence-electron chi connectivity index (χ1n) is 4.30. The molecule has 0 aromatic carbocycles. The molecule has 1 amide bonds. The number of aliphatic hydroxyl groups excluding tert-OH is 1. The standard InChI is InChI=1S/C8H16N2O2/c1-10(6-3-2-4-6)8(12)7(9)5-11/h6-7,11H,2-5,9H2,1H3/t7-/m0/s1. The van der Waals surface area contributed by atoms with Crippen LogP contribution in [0.4, 0.5) is 0 Å². The number of rotatable bonds is 3. The Morgan fingerprint density at radius 3 is 2.67 bits per heavy atom. The predicted molar refractivity (Wildman–Crippen MR) is 45.5 cm³/mol. The van der Waals surface area contributed by atoms with Gasteiger partial charge in [0.15, 0.2) is 0 Å². The molecular weight excluding hydrogens is 156 g/mol. The summed E-state index contributed by atoms with van der Waals surface area (Å²) in [7, 11) is 1.75. The Hall–Kier alpha value is -0.610. The van der Waals surface area contributed by atoms with Crippen LogP contribution in [-0.4, -0.2) is 41.7 Å².